The average Bonchev–Trinajstić information content (AvgIpc) is 2.71. The zero-order chi connectivity index (χ0) is 12.3. The number of rotatable bonds is 4. The molecule has 0 aliphatic rings. The first-order chi connectivity index (χ1) is 8.24. The Labute approximate surface area is 106 Å². The molecule has 1 aromatic carbocycles. The van der Waals surface area contributed by atoms with Gasteiger partial charge in [0.25, 0.3) is 0 Å². The molecule has 0 fully saturated rings. The number of nitrogens with zero attached hydrogens (tertiary/aromatic N) is 3. The lowest BCUT2D eigenvalue weighted by Crippen LogP contribution is -2.11. The van der Waals surface area contributed by atoms with Crippen molar-refractivity contribution in [3.63, 3.8) is 0 Å². The molecular weight excluding hydrogens is 234 g/mol. The molecule has 0 aliphatic heterocycles. The van der Waals surface area contributed by atoms with E-state index in [4.69, 9.17) is 11.6 Å². The Kier molecular flexibility index (Phi) is 3.79. The van der Waals surface area contributed by atoms with E-state index >= 15 is 0 Å². The third kappa shape index (κ3) is 2.50. The van der Waals surface area contributed by atoms with Gasteiger partial charge in [0.1, 0.15) is 5.82 Å². The van der Waals surface area contributed by atoms with Gasteiger partial charge in [-0.05, 0) is 30.5 Å². The first-order valence-electron chi connectivity index (χ1n) is 5.88. The van der Waals surface area contributed by atoms with Crippen molar-refractivity contribution in [3.8, 4) is 0 Å². The molecule has 1 atom stereocenters. The summed E-state index contributed by atoms with van der Waals surface area (Å²) in [5, 5.41) is 8.56. The number of hydrogen-bond donors (Lipinski definition) is 0. The van der Waals surface area contributed by atoms with E-state index in [0.717, 1.165) is 18.7 Å². The van der Waals surface area contributed by atoms with E-state index < -0.39 is 0 Å². The second kappa shape index (κ2) is 5.32. The second-order valence-electron chi connectivity index (χ2n) is 4.09. The molecule has 1 heterocycles. The van der Waals surface area contributed by atoms with Crippen molar-refractivity contribution >= 4 is 11.6 Å². The summed E-state index contributed by atoms with van der Waals surface area (Å²) < 4.78 is 2.00. The zero-order valence-corrected chi connectivity index (χ0v) is 10.9. The molecule has 0 saturated carbocycles. The van der Waals surface area contributed by atoms with Crippen LogP contribution in [0.3, 0.4) is 0 Å². The molecular formula is C13H16ClN3. The maximum Gasteiger partial charge on any atom is 0.225 e. The van der Waals surface area contributed by atoms with Gasteiger partial charge in [-0.3, -0.25) is 4.57 Å². The monoisotopic (exact) mass is 249 g/mol. The molecule has 0 spiro atoms. The summed E-state index contributed by atoms with van der Waals surface area (Å²) >= 11 is 6.11. The molecule has 0 aliphatic carbocycles. The predicted molar refractivity (Wildman–Crippen MR) is 69.3 cm³/mol. The van der Waals surface area contributed by atoms with Crippen LogP contribution in [-0.2, 0) is 6.42 Å². The number of hydrogen-bond acceptors (Lipinski definition) is 2. The summed E-state index contributed by atoms with van der Waals surface area (Å²) in [5.74, 6) is 0.953. The van der Waals surface area contributed by atoms with E-state index in [2.05, 4.69) is 36.2 Å². The van der Waals surface area contributed by atoms with Crippen LogP contribution in [0, 0.1) is 0 Å². The first kappa shape index (κ1) is 12.1. The van der Waals surface area contributed by atoms with Gasteiger partial charge < -0.3 is 0 Å². The third-order valence-electron chi connectivity index (χ3n) is 2.87. The molecule has 0 bridgehead atoms. The van der Waals surface area contributed by atoms with Crippen LogP contribution in [0.15, 0.2) is 30.3 Å². The summed E-state index contributed by atoms with van der Waals surface area (Å²) in [6, 6.07) is 10.4. The lowest BCUT2D eigenvalue weighted by atomic mass is 10.1. The fourth-order valence-corrected chi connectivity index (χ4v) is 2.24. The van der Waals surface area contributed by atoms with Crippen LogP contribution < -0.4 is 0 Å². The van der Waals surface area contributed by atoms with Gasteiger partial charge in [-0.2, -0.15) is 0 Å². The SMILES string of the molecule is CCCc1nnc(Cl)n1C(C)c1ccccc1. The minimum atomic E-state index is 0.167. The highest BCUT2D eigenvalue weighted by atomic mass is 35.5. The standard InChI is InChI=1S/C13H16ClN3/c1-3-7-12-15-16-13(14)17(12)10(2)11-8-5-4-6-9-11/h4-6,8-10H,3,7H2,1-2H3. The van der Waals surface area contributed by atoms with Crippen LogP contribution in [0.2, 0.25) is 5.28 Å². The number of aryl methyl sites for hydroxylation is 1. The first-order valence-corrected chi connectivity index (χ1v) is 6.26. The number of halogens is 1. The van der Waals surface area contributed by atoms with E-state index in [1.807, 2.05) is 22.8 Å². The molecule has 4 heteroatoms. The third-order valence-corrected chi connectivity index (χ3v) is 3.13. The largest absolute Gasteiger partial charge is 0.294 e. The van der Waals surface area contributed by atoms with Crippen LogP contribution in [-0.4, -0.2) is 14.8 Å². The molecule has 0 saturated heterocycles. The Morgan fingerprint density at radius 2 is 1.94 bits per heavy atom. The molecule has 1 unspecified atom stereocenters. The molecule has 90 valence electrons. The summed E-state index contributed by atoms with van der Waals surface area (Å²) in [6.07, 6.45) is 1.94. The highest BCUT2D eigenvalue weighted by Crippen LogP contribution is 2.23. The van der Waals surface area contributed by atoms with Gasteiger partial charge in [0.15, 0.2) is 0 Å². The Bertz CT molecular complexity index is 479. The fourth-order valence-electron chi connectivity index (χ4n) is 1.96. The van der Waals surface area contributed by atoms with E-state index in [0.29, 0.717) is 5.28 Å². The molecule has 17 heavy (non-hydrogen) atoms. The lowest BCUT2D eigenvalue weighted by Gasteiger charge is -2.16. The van der Waals surface area contributed by atoms with E-state index in [-0.39, 0.29) is 6.04 Å². The maximum absolute atomic E-state index is 6.11. The van der Waals surface area contributed by atoms with Gasteiger partial charge in [0.2, 0.25) is 5.28 Å². The lowest BCUT2D eigenvalue weighted by molar-refractivity contribution is 0.596. The van der Waals surface area contributed by atoms with Gasteiger partial charge >= 0.3 is 0 Å². The molecule has 0 radical (unpaired) electrons. The molecule has 1 aromatic heterocycles. The van der Waals surface area contributed by atoms with E-state index in [1.54, 1.807) is 0 Å². The van der Waals surface area contributed by atoms with Crippen molar-refractivity contribution in [1.82, 2.24) is 14.8 Å². The normalized spacial score (nSPS) is 12.6. The fraction of sp³-hybridized carbons (Fsp3) is 0.385. The highest BCUT2D eigenvalue weighted by molar-refractivity contribution is 6.28. The van der Waals surface area contributed by atoms with Crippen LogP contribution in [0.1, 0.15) is 37.7 Å². The maximum atomic E-state index is 6.11. The summed E-state index contributed by atoms with van der Waals surface area (Å²) in [5.41, 5.74) is 1.21. The van der Waals surface area contributed by atoms with Crippen molar-refractivity contribution in [1.29, 1.82) is 0 Å². The van der Waals surface area contributed by atoms with Crippen molar-refractivity contribution < 1.29 is 0 Å². The summed E-state index contributed by atoms with van der Waals surface area (Å²) in [4.78, 5) is 0. The van der Waals surface area contributed by atoms with Crippen LogP contribution in [0.25, 0.3) is 0 Å². The topological polar surface area (TPSA) is 30.7 Å². The Hall–Kier alpha value is -1.35. The predicted octanol–water partition coefficient (Wildman–Crippen LogP) is 3.49. The second-order valence-corrected chi connectivity index (χ2v) is 4.43. The van der Waals surface area contributed by atoms with Gasteiger partial charge in [0, 0.05) is 6.42 Å². The number of aromatic nitrogens is 3. The minimum absolute atomic E-state index is 0.167. The van der Waals surface area contributed by atoms with Crippen LogP contribution in [0.4, 0.5) is 0 Å². The van der Waals surface area contributed by atoms with Crippen LogP contribution in [0.5, 0.6) is 0 Å². The Morgan fingerprint density at radius 3 is 2.59 bits per heavy atom. The Balaban J connectivity index is 2.36. The van der Waals surface area contributed by atoms with Crippen molar-refractivity contribution in [3.05, 3.63) is 47.0 Å². The van der Waals surface area contributed by atoms with Crippen molar-refractivity contribution in [2.75, 3.05) is 0 Å². The molecule has 3 nitrogen and oxygen atoms in total. The summed E-state index contributed by atoms with van der Waals surface area (Å²) in [7, 11) is 0. The van der Waals surface area contributed by atoms with E-state index in [9.17, 15) is 0 Å². The van der Waals surface area contributed by atoms with Crippen LogP contribution >= 0.6 is 11.6 Å². The molecule has 0 amide bonds. The van der Waals surface area contributed by atoms with Gasteiger partial charge in [-0.15, -0.1) is 10.2 Å². The van der Waals surface area contributed by atoms with Crippen molar-refractivity contribution in [2.45, 2.75) is 32.7 Å². The van der Waals surface area contributed by atoms with Gasteiger partial charge in [-0.25, -0.2) is 0 Å². The Morgan fingerprint density at radius 1 is 1.24 bits per heavy atom. The summed E-state index contributed by atoms with van der Waals surface area (Å²) in [6.45, 7) is 4.24. The molecule has 2 aromatic rings. The number of benzene rings is 1. The molecule has 0 N–H and O–H groups in total. The van der Waals surface area contributed by atoms with E-state index in [1.165, 1.54) is 5.56 Å². The smallest absolute Gasteiger partial charge is 0.225 e. The minimum Gasteiger partial charge on any atom is -0.294 e. The molecule has 2 rings (SSSR count). The van der Waals surface area contributed by atoms with Crippen molar-refractivity contribution in [2.24, 2.45) is 0 Å². The van der Waals surface area contributed by atoms with Gasteiger partial charge in [-0.1, -0.05) is 37.3 Å². The highest BCUT2D eigenvalue weighted by Gasteiger charge is 2.16. The van der Waals surface area contributed by atoms with Gasteiger partial charge in [0.05, 0.1) is 6.04 Å². The quantitative estimate of drug-likeness (QED) is 0.831. The zero-order valence-electron chi connectivity index (χ0n) is 10.1. The average molecular weight is 250 g/mol.